The third kappa shape index (κ3) is 7.04. The zero-order valence-corrected chi connectivity index (χ0v) is 22.5. The normalized spacial score (nSPS) is 23.0. The number of ether oxygens (including phenoxy) is 2. The van der Waals surface area contributed by atoms with Crippen LogP contribution in [0.2, 0.25) is 0 Å². The molecule has 2 heterocycles. The number of carbonyl (C=O) groups is 1. The number of nitrogens with zero attached hydrogens (tertiary/aromatic N) is 2. The van der Waals surface area contributed by atoms with E-state index in [1.165, 1.54) is 10.4 Å². The summed E-state index contributed by atoms with van der Waals surface area (Å²) < 4.78 is 39.6. The second kappa shape index (κ2) is 10.6. The SMILES string of the molecule is CC(C)(C)OC(=O)NC1CCC(Oc2ncnc3sc4c(c23)[C@@H](CCOS(C)(=O)=O)CCC4)CC1. The van der Waals surface area contributed by atoms with E-state index < -0.39 is 15.7 Å². The molecule has 0 spiro atoms. The summed E-state index contributed by atoms with van der Waals surface area (Å²) in [7, 11) is -3.46. The quantitative estimate of drug-likeness (QED) is 0.518. The van der Waals surface area contributed by atoms with Crippen LogP contribution in [0.5, 0.6) is 5.88 Å². The van der Waals surface area contributed by atoms with Crippen LogP contribution in [0.1, 0.15) is 82.1 Å². The van der Waals surface area contributed by atoms with Crippen molar-refractivity contribution in [2.75, 3.05) is 12.9 Å². The monoisotopic (exact) mass is 525 g/mol. The number of amides is 1. The molecular formula is C24H35N3O6S2. The summed E-state index contributed by atoms with van der Waals surface area (Å²) >= 11 is 1.68. The maximum Gasteiger partial charge on any atom is 0.407 e. The number of hydrogen-bond acceptors (Lipinski definition) is 9. The number of aryl methyl sites for hydroxylation is 1. The number of rotatable bonds is 7. The van der Waals surface area contributed by atoms with E-state index >= 15 is 0 Å². The van der Waals surface area contributed by atoms with E-state index in [1.54, 1.807) is 17.7 Å². The fourth-order valence-corrected chi connectivity index (χ4v) is 6.58. The van der Waals surface area contributed by atoms with E-state index in [-0.39, 0.29) is 30.8 Å². The van der Waals surface area contributed by atoms with Gasteiger partial charge in [-0.1, -0.05) is 0 Å². The van der Waals surface area contributed by atoms with Crippen LogP contribution in [-0.4, -0.2) is 55.1 Å². The number of hydrogen-bond donors (Lipinski definition) is 1. The van der Waals surface area contributed by atoms with Crippen molar-refractivity contribution < 1.29 is 26.9 Å². The molecule has 1 amide bonds. The molecule has 194 valence electrons. The largest absolute Gasteiger partial charge is 0.474 e. The zero-order chi connectivity index (χ0) is 25.2. The fraction of sp³-hybridized carbons (Fsp3) is 0.708. The lowest BCUT2D eigenvalue weighted by molar-refractivity contribution is 0.0470. The lowest BCUT2D eigenvalue weighted by Crippen LogP contribution is -2.42. The summed E-state index contributed by atoms with van der Waals surface area (Å²) in [5, 5.41) is 3.93. The zero-order valence-electron chi connectivity index (χ0n) is 20.8. The lowest BCUT2D eigenvalue weighted by Gasteiger charge is -2.30. The van der Waals surface area contributed by atoms with Crippen LogP contribution in [0, 0.1) is 0 Å². The number of nitrogens with one attached hydrogen (secondary N) is 1. The Kier molecular flexibility index (Phi) is 7.87. The summed E-state index contributed by atoms with van der Waals surface area (Å²) in [5.41, 5.74) is 0.682. The van der Waals surface area contributed by atoms with Crippen LogP contribution in [0.4, 0.5) is 4.79 Å². The number of aromatic nitrogens is 2. The van der Waals surface area contributed by atoms with Crippen LogP contribution in [0.25, 0.3) is 10.2 Å². The van der Waals surface area contributed by atoms with Crippen molar-refractivity contribution in [3.63, 3.8) is 0 Å². The maximum absolute atomic E-state index is 12.1. The molecule has 9 nitrogen and oxygen atoms in total. The predicted octanol–water partition coefficient (Wildman–Crippen LogP) is 4.69. The highest BCUT2D eigenvalue weighted by Gasteiger charge is 2.30. The van der Waals surface area contributed by atoms with E-state index in [0.29, 0.717) is 12.3 Å². The van der Waals surface area contributed by atoms with Crippen molar-refractivity contribution in [3.05, 3.63) is 16.8 Å². The first-order valence-electron chi connectivity index (χ1n) is 12.3. The average molecular weight is 526 g/mol. The molecule has 0 aromatic carbocycles. The standard InChI is InChI=1S/C24H35N3O6S2/c1-24(2,3)33-23(28)27-16-8-10-17(11-9-16)32-21-20-19-15(12-13-31-35(4,29)30)6-5-7-18(19)34-22(20)26-14-25-21/h14-17H,5-13H2,1-4H3,(H,27,28)/t15-,16?,17?/m1/s1. The summed E-state index contributed by atoms with van der Waals surface area (Å²) in [6.45, 7) is 5.73. The summed E-state index contributed by atoms with van der Waals surface area (Å²) in [6.07, 6.45) is 9.15. The number of alkyl carbamates (subject to hydrolysis) is 1. The van der Waals surface area contributed by atoms with Gasteiger partial charge in [-0.15, -0.1) is 11.3 Å². The van der Waals surface area contributed by atoms with Crippen molar-refractivity contribution in [1.29, 1.82) is 0 Å². The highest BCUT2D eigenvalue weighted by atomic mass is 32.2. The van der Waals surface area contributed by atoms with Gasteiger partial charge in [0.1, 0.15) is 22.9 Å². The first kappa shape index (κ1) is 26.1. The molecule has 1 N–H and O–H groups in total. The summed E-state index contributed by atoms with van der Waals surface area (Å²) in [6, 6.07) is 0.0725. The first-order chi connectivity index (χ1) is 16.5. The number of thiophene rings is 1. The molecule has 2 aromatic heterocycles. The third-order valence-electron chi connectivity index (χ3n) is 6.37. The second-order valence-corrected chi connectivity index (χ2v) is 13.2. The van der Waals surface area contributed by atoms with Gasteiger partial charge in [0.2, 0.25) is 5.88 Å². The van der Waals surface area contributed by atoms with E-state index in [4.69, 9.17) is 13.7 Å². The Morgan fingerprint density at radius 1 is 1.17 bits per heavy atom. The average Bonchev–Trinajstić information content (AvgIpc) is 3.13. The Labute approximate surface area is 211 Å². The van der Waals surface area contributed by atoms with Gasteiger partial charge in [0, 0.05) is 10.9 Å². The molecule has 4 rings (SSSR count). The first-order valence-corrected chi connectivity index (χ1v) is 14.9. The molecule has 1 fully saturated rings. The molecule has 1 saturated carbocycles. The minimum Gasteiger partial charge on any atom is -0.474 e. The highest BCUT2D eigenvalue weighted by molar-refractivity contribution is 7.85. The van der Waals surface area contributed by atoms with Gasteiger partial charge in [0.15, 0.2) is 0 Å². The van der Waals surface area contributed by atoms with Gasteiger partial charge < -0.3 is 14.8 Å². The Morgan fingerprint density at radius 2 is 1.91 bits per heavy atom. The summed E-state index contributed by atoms with van der Waals surface area (Å²) in [5.74, 6) is 0.795. The topological polar surface area (TPSA) is 117 Å². The molecular weight excluding hydrogens is 490 g/mol. The summed E-state index contributed by atoms with van der Waals surface area (Å²) in [4.78, 5) is 23.3. The van der Waals surface area contributed by atoms with Gasteiger partial charge in [-0.2, -0.15) is 8.42 Å². The minimum atomic E-state index is -3.46. The predicted molar refractivity (Wildman–Crippen MR) is 135 cm³/mol. The molecule has 2 aliphatic carbocycles. The van der Waals surface area contributed by atoms with Crippen LogP contribution < -0.4 is 10.1 Å². The van der Waals surface area contributed by atoms with Crippen LogP contribution >= 0.6 is 11.3 Å². The lowest BCUT2D eigenvalue weighted by atomic mass is 9.84. The van der Waals surface area contributed by atoms with Crippen molar-refractivity contribution in [2.45, 2.75) is 95.8 Å². The molecule has 0 saturated heterocycles. The van der Waals surface area contributed by atoms with E-state index in [2.05, 4.69) is 15.3 Å². The molecule has 0 unspecified atom stereocenters. The van der Waals surface area contributed by atoms with Gasteiger partial charge in [0.25, 0.3) is 10.1 Å². The number of carbonyl (C=O) groups excluding carboxylic acids is 1. The van der Waals surface area contributed by atoms with Crippen molar-refractivity contribution in [1.82, 2.24) is 15.3 Å². The fourth-order valence-electron chi connectivity index (χ4n) is 4.92. The van der Waals surface area contributed by atoms with E-state index in [9.17, 15) is 13.2 Å². The number of fused-ring (bicyclic) bond motifs is 3. The molecule has 0 aliphatic heterocycles. The van der Waals surface area contributed by atoms with Crippen molar-refractivity contribution >= 4 is 37.8 Å². The van der Waals surface area contributed by atoms with E-state index in [0.717, 1.165) is 61.4 Å². The molecule has 1 atom stereocenters. The minimum absolute atomic E-state index is 0.0101. The Bertz CT molecular complexity index is 1150. The van der Waals surface area contributed by atoms with Gasteiger partial charge in [0.05, 0.1) is 18.2 Å². The molecule has 0 radical (unpaired) electrons. The molecule has 2 aromatic rings. The smallest absolute Gasteiger partial charge is 0.407 e. The molecule has 35 heavy (non-hydrogen) atoms. The van der Waals surface area contributed by atoms with Gasteiger partial charge in [-0.05, 0) is 83.6 Å². The highest BCUT2D eigenvalue weighted by Crippen LogP contribution is 2.46. The van der Waals surface area contributed by atoms with Crippen LogP contribution in [0.15, 0.2) is 6.33 Å². The van der Waals surface area contributed by atoms with E-state index in [1.807, 2.05) is 20.8 Å². The molecule has 2 aliphatic rings. The van der Waals surface area contributed by atoms with Crippen LogP contribution in [-0.2, 0) is 25.5 Å². The Hall–Kier alpha value is -1.98. The van der Waals surface area contributed by atoms with Crippen molar-refractivity contribution in [2.24, 2.45) is 0 Å². The van der Waals surface area contributed by atoms with Crippen molar-refractivity contribution in [3.8, 4) is 5.88 Å². The van der Waals surface area contributed by atoms with Gasteiger partial charge >= 0.3 is 6.09 Å². The molecule has 0 bridgehead atoms. The third-order valence-corrected chi connectivity index (χ3v) is 8.14. The van der Waals surface area contributed by atoms with Gasteiger partial charge in [-0.3, -0.25) is 4.18 Å². The van der Waals surface area contributed by atoms with Crippen LogP contribution in [0.3, 0.4) is 0 Å². The second-order valence-electron chi connectivity index (χ2n) is 10.4. The molecule has 11 heteroatoms. The Balaban J connectivity index is 1.43. The Morgan fingerprint density at radius 3 is 2.60 bits per heavy atom. The van der Waals surface area contributed by atoms with Gasteiger partial charge in [-0.25, -0.2) is 14.8 Å². The maximum atomic E-state index is 12.1.